The number of fused-ring (bicyclic) bond motifs is 1. The number of aromatic nitrogens is 1. The maximum absolute atomic E-state index is 11.5. The van der Waals surface area contributed by atoms with Crippen LogP contribution in [0.15, 0.2) is 30.3 Å². The monoisotopic (exact) mass is 282 g/mol. The number of pyridine rings is 1. The third kappa shape index (κ3) is 2.92. The van der Waals surface area contributed by atoms with Crippen molar-refractivity contribution in [2.24, 2.45) is 5.41 Å². The average Bonchev–Trinajstić information content (AvgIpc) is 2.66. The van der Waals surface area contributed by atoms with Crippen LogP contribution in [0.3, 0.4) is 0 Å². The van der Waals surface area contributed by atoms with Crippen LogP contribution in [0.2, 0.25) is 0 Å². The molecule has 0 aliphatic carbocycles. The topological polar surface area (TPSA) is 33.2 Å². The average molecular weight is 282 g/mol. The number of carbonyl (C=O) groups is 1. The predicted molar refractivity (Wildman–Crippen MR) is 87.0 cm³/mol. The molecule has 0 bridgehead atoms. The summed E-state index contributed by atoms with van der Waals surface area (Å²) >= 11 is 0. The summed E-state index contributed by atoms with van der Waals surface area (Å²) in [6.45, 7) is 6.60. The lowest BCUT2D eigenvalue weighted by Crippen LogP contribution is -2.27. The van der Waals surface area contributed by atoms with Crippen molar-refractivity contribution in [1.82, 2.24) is 4.98 Å². The third-order valence-electron chi connectivity index (χ3n) is 4.50. The van der Waals surface area contributed by atoms with E-state index in [1.54, 1.807) is 0 Å². The van der Waals surface area contributed by atoms with E-state index in [0.717, 1.165) is 48.9 Å². The normalized spacial score (nSPS) is 18.5. The van der Waals surface area contributed by atoms with Gasteiger partial charge in [0.2, 0.25) is 0 Å². The first-order chi connectivity index (χ1) is 10.1. The van der Waals surface area contributed by atoms with E-state index in [1.165, 1.54) is 6.42 Å². The number of para-hydroxylation sites is 1. The van der Waals surface area contributed by atoms with Gasteiger partial charge in [-0.15, -0.1) is 0 Å². The molecule has 1 aliphatic rings. The van der Waals surface area contributed by atoms with Crippen LogP contribution in [0.1, 0.15) is 43.5 Å². The molecule has 0 amide bonds. The number of benzene rings is 1. The molecule has 3 rings (SSSR count). The summed E-state index contributed by atoms with van der Waals surface area (Å²) in [6, 6.07) is 9.94. The van der Waals surface area contributed by atoms with Gasteiger partial charge in [-0.25, -0.2) is 4.98 Å². The Labute approximate surface area is 126 Å². The summed E-state index contributed by atoms with van der Waals surface area (Å²) in [4.78, 5) is 18.5. The Bertz CT molecular complexity index is 663. The van der Waals surface area contributed by atoms with Crippen molar-refractivity contribution < 1.29 is 4.79 Å². The quantitative estimate of drug-likeness (QED) is 0.779. The zero-order valence-corrected chi connectivity index (χ0v) is 12.8. The largest absolute Gasteiger partial charge is 0.356 e. The molecule has 0 saturated carbocycles. The van der Waals surface area contributed by atoms with Crippen molar-refractivity contribution in [2.75, 3.05) is 18.0 Å². The standard InChI is InChI=1S/C18H22N2O/c1-18(2)8-5-10-20(11-9-18)17-15(13-21)12-14-6-3-4-7-16(14)19-17/h3-4,6-7,12-13H,5,8-11H2,1-2H3. The van der Waals surface area contributed by atoms with Gasteiger partial charge in [0.25, 0.3) is 0 Å². The molecule has 3 heteroatoms. The lowest BCUT2D eigenvalue weighted by Gasteiger charge is -2.25. The summed E-state index contributed by atoms with van der Waals surface area (Å²) < 4.78 is 0. The smallest absolute Gasteiger partial charge is 0.153 e. The van der Waals surface area contributed by atoms with Gasteiger partial charge in [-0.3, -0.25) is 4.79 Å². The Morgan fingerprint density at radius 1 is 1.19 bits per heavy atom. The number of carbonyl (C=O) groups excluding carboxylic acids is 1. The molecule has 1 aromatic heterocycles. The minimum atomic E-state index is 0.382. The van der Waals surface area contributed by atoms with Gasteiger partial charge in [0.1, 0.15) is 5.82 Å². The van der Waals surface area contributed by atoms with Crippen molar-refractivity contribution in [3.8, 4) is 0 Å². The van der Waals surface area contributed by atoms with Gasteiger partial charge in [0, 0.05) is 18.5 Å². The van der Waals surface area contributed by atoms with Gasteiger partial charge < -0.3 is 4.90 Å². The zero-order chi connectivity index (χ0) is 14.9. The molecule has 2 heterocycles. The number of anilines is 1. The Morgan fingerprint density at radius 2 is 2.00 bits per heavy atom. The van der Waals surface area contributed by atoms with Crippen molar-refractivity contribution in [1.29, 1.82) is 0 Å². The van der Waals surface area contributed by atoms with Gasteiger partial charge in [-0.2, -0.15) is 0 Å². The van der Waals surface area contributed by atoms with Crippen LogP contribution >= 0.6 is 0 Å². The van der Waals surface area contributed by atoms with E-state index >= 15 is 0 Å². The van der Waals surface area contributed by atoms with Gasteiger partial charge in [0.15, 0.2) is 6.29 Å². The molecule has 1 saturated heterocycles. The highest BCUT2D eigenvalue weighted by Crippen LogP contribution is 2.32. The van der Waals surface area contributed by atoms with Crippen LogP contribution < -0.4 is 4.90 Å². The molecule has 3 nitrogen and oxygen atoms in total. The highest BCUT2D eigenvalue weighted by molar-refractivity contribution is 5.91. The lowest BCUT2D eigenvalue weighted by molar-refractivity contribution is 0.112. The second-order valence-corrected chi connectivity index (χ2v) is 6.72. The summed E-state index contributed by atoms with van der Waals surface area (Å²) in [5.41, 5.74) is 2.04. The molecule has 0 unspecified atom stereocenters. The number of hydrogen-bond acceptors (Lipinski definition) is 3. The van der Waals surface area contributed by atoms with Crippen LogP contribution in [-0.4, -0.2) is 24.4 Å². The van der Waals surface area contributed by atoms with E-state index in [-0.39, 0.29) is 0 Å². The van der Waals surface area contributed by atoms with Crippen molar-refractivity contribution in [2.45, 2.75) is 33.1 Å². The SMILES string of the molecule is CC1(C)CCCN(c2nc3ccccc3cc2C=O)CC1. The summed E-state index contributed by atoms with van der Waals surface area (Å²) in [6.07, 6.45) is 4.46. The number of hydrogen-bond donors (Lipinski definition) is 0. The summed E-state index contributed by atoms with van der Waals surface area (Å²) in [5, 5.41) is 1.03. The van der Waals surface area contributed by atoms with Crippen molar-refractivity contribution >= 4 is 23.0 Å². The molecule has 0 spiro atoms. The molecule has 110 valence electrons. The second kappa shape index (κ2) is 5.47. The number of rotatable bonds is 2. The van der Waals surface area contributed by atoms with Crippen molar-refractivity contribution in [3.63, 3.8) is 0 Å². The minimum Gasteiger partial charge on any atom is -0.356 e. The van der Waals surface area contributed by atoms with Crippen LogP contribution in [0.4, 0.5) is 5.82 Å². The maximum atomic E-state index is 11.5. The van der Waals surface area contributed by atoms with Gasteiger partial charge in [-0.1, -0.05) is 32.0 Å². The van der Waals surface area contributed by atoms with E-state index in [2.05, 4.69) is 18.7 Å². The number of nitrogens with zero attached hydrogens (tertiary/aromatic N) is 2. The van der Waals surface area contributed by atoms with Gasteiger partial charge in [-0.05, 0) is 36.8 Å². The van der Waals surface area contributed by atoms with Crippen LogP contribution in [-0.2, 0) is 0 Å². The molecule has 0 N–H and O–H groups in total. The Morgan fingerprint density at radius 3 is 2.81 bits per heavy atom. The first-order valence-electron chi connectivity index (χ1n) is 7.69. The molecule has 1 aromatic carbocycles. The highest BCUT2D eigenvalue weighted by Gasteiger charge is 2.24. The maximum Gasteiger partial charge on any atom is 0.153 e. The minimum absolute atomic E-state index is 0.382. The van der Waals surface area contributed by atoms with Crippen LogP contribution in [0, 0.1) is 5.41 Å². The first-order valence-corrected chi connectivity index (χ1v) is 7.69. The van der Waals surface area contributed by atoms with E-state index in [4.69, 9.17) is 4.98 Å². The molecular formula is C18H22N2O. The Hall–Kier alpha value is -1.90. The van der Waals surface area contributed by atoms with Gasteiger partial charge in [0.05, 0.1) is 11.1 Å². The zero-order valence-electron chi connectivity index (χ0n) is 12.8. The molecule has 0 atom stereocenters. The number of aldehydes is 1. The van der Waals surface area contributed by atoms with E-state index in [1.807, 2.05) is 30.3 Å². The third-order valence-corrected chi connectivity index (χ3v) is 4.50. The first kappa shape index (κ1) is 14.1. The Kier molecular flexibility index (Phi) is 3.66. The lowest BCUT2D eigenvalue weighted by atomic mass is 9.85. The molecule has 1 fully saturated rings. The fourth-order valence-corrected chi connectivity index (χ4v) is 3.10. The van der Waals surface area contributed by atoms with Crippen molar-refractivity contribution in [3.05, 3.63) is 35.9 Å². The van der Waals surface area contributed by atoms with Crippen LogP contribution in [0.5, 0.6) is 0 Å². The molecule has 1 aliphatic heterocycles. The fourth-order valence-electron chi connectivity index (χ4n) is 3.10. The molecule has 0 radical (unpaired) electrons. The van der Waals surface area contributed by atoms with Crippen LogP contribution in [0.25, 0.3) is 10.9 Å². The molecule has 2 aromatic rings. The van der Waals surface area contributed by atoms with E-state index in [9.17, 15) is 4.79 Å². The molecule has 21 heavy (non-hydrogen) atoms. The summed E-state index contributed by atoms with van der Waals surface area (Å²) in [5.74, 6) is 0.849. The summed E-state index contributed by atoms with van der Waals surface area (Å²) in [7, 11) is 0. The Balaban J connectivity index is 2.00. The fraction of sp³-hybridized carbons (Fsp3) is 0.444. The molecular weight excluding hydrogens is 260 g/mol. The second-order valence-electron chi connectivity index (χ2n) is 6.72. The van der Waals surface area contributed by atoms with E-state index < -0.39 is 0 Å². The van der Waals surface area contributed by atoms with Gasteiger partial charge >= 0.3 is 0 Å². The highest BCUT2D eigenvalue weighted by atomic mass is 16.1. The van der Waals surface area contributed by atoms with E-state index in [0.29, 0.717) is 11.0 Å². The predicted octanol–water partition coefficient (Wildman–Crippen LogP) is 4.06.